The molecule has 0 amide bonds. The van der Waals surface area contributed by atoms with Crippen molar-refractivity contribution in [1.82, 2.24) is 0 Å². The van der Waals surface area contributed by atoms with Gasteiger partial charge in [-0.05, 0) is 29.8 Å². The second-order valence-electron chi connectivity index (χ2n) is 5.55. The van der Waals surface area contributed by atoms with E-state index in [1.54, 1.807) is 6.07 Å². The van der Waals surface area contributed by atoms with Crippen LogP contribution in [0.4, 0.5) is 30.7 Å². The summed E-state index contributed by atoms with van der Waals surface area (Å²) in [5, 5.41) is 2.43. The molecule has 0 aliphatic rings. The topological polar surface area (TPSA) is 57.9 Å². The van der Waals surface area contributed by atoms with Crippen LogP contribution in [-0.2, 0) is 9.84 Å². The number of nitrogens with zero attached hydrogens (tertiary/aromatic N) is 1. The minimum atomic E-state index is -6.86. The highest BCUT2D eigenvalue weighted by Crippen LogP contribution is 2.52. The lowest BCUT2D eigenvalue weighted by Crippen LogP contribution is -2.56. The van der Waals surface area contributed by atoms with Gasteiger partial charge in [-0.1, -0.05) is 44.0 Å². The maximum atomic E-state index is 14.1. The number of sulfone groups is 1. The fraction of sp³-hybridized carbons (Fsp3) is 0.188. The number of benzene rings is 2. The Hall–Kier alpha value is -1.65. The van der Waals surface area contributed by atoms with Gasteiger partial charge in [0.25, 0.3) is 9.84 Å². The van der Waals surface area contributed by atoms with Crippen LogP contribution in [0.5, 0.6) is 0 Å². The van der Waals surface area contributed by atoms with Crippen molar-refractivity contribution >= 4 is 41.7 Å². The van der Waals surface area contributed by atoms with Crippen molar-refractivity contribution in [2.24, 2.45) is 0 Å². The molecule has 0 N–H and O–H groups in total. The van der Waals surface area contributed by atoms with Crippen LogP contribution < -0.4 is 0 Å². The van der Waals surface area contributed by atoms with Gasteiger partial charge in [-0.2, -0.15) is 36.0 Å². The molecule has 0 unspecified atom stereocenters. The van der Waals surface area contributed by atoms with E-state index in [-0.39, 0.29) is 20.1 Å². The van der Waals surface area contributed by atoms with Crippen molar-refractivity contribution in [2.75, 3.05) is 0 Å². The molecule has 2 aromatic carbocycles. The van der Waals surface area contributed by atoms with Crippen LogP contribution in [0.1, 0.15) is 5.56 Å². The van der Waals surface area contributed by atoms with Gasteiger partial charge in [-0.25, -0.2) is 8.42 Å². The first-order valence-electron chi connectivity index (χ1n) is 7.14. The van der Waals surface area contributed by atoms with Crippen molar-refractivity contribution in [2.45, 2.75) is 22.2 Å². The molecule has 0 aromatic heterocycles. The van der Waals surface area contributed by atoms with E-state index in [2.05, 4.69) is 31.9 Å². The lowest BCUT2D eigenvalue weighted by molar-refractivity contribution is -0.332. The Kier molecular flexibility index (Phi) is 6.15. The first-order valence-corrected chi connectivity index (χ1v) is 10.2. The zero-order valence-corrected chi connectivity index (χ0v) is 17.5. The smallest absolute Gasteiger partial charge is 0.217 e. The molecule has 0 aliphatic carbocycles. The first kappa shape index (κ1) is 23.6. The van der Waals surface area contributed by atoms with Gasteiger partial charge < -0.3 is 0 Å². The molecule has 0 radical (unpaired) electrons. The number of nitriles is 1. The second-order valence-corrected chi connectivity index (χ2v) is 9.28. The standard InChI is InChI=1S/C16H6Br2F7NO2S/c17-10-5-11(18)13(9-3-1-2-8(4-9)7-26)12(6-10)29(27,28)16(24,25)14(19,20)15(21,22)23/h1-6H. The van der Waals surface area contributed by atoms with Gasteiger partial charge in [0.15, 0.2) is 0 Å². The molecule has 0 aliphatic heterocycles. The lowest BCUT2D eigenvalue weighted by atomic mass is 10.0. The number of hydrogen-bond acceptors (Lipinski definition) is 3. The molecule has 156 valence electrons. The molecule has 0 heterocycles. The molecule has 2 rings (SSSR count). The predicted octanol–water partition coefficient (Wildman–Crippen LogP) is 6.31. The number of rotatable bonds is 4. The Morgan fingerprint density at radius 2 is 1.52 bits per heavy atom. The summed E-state index contributed by atoms with van der Waals surface area (Å²) in [7, 11) is -6.57. The van der Waals surface area contributed by atoms with Gasteiger partial charge in [0.05, 0.1) is 16.5 Å². The van der Waals surface area contributed by atoms with Crippen LogP contribution in [0.25, 0.3) is 11.1 Å². The van der Waals surface area contributed by atoms with Gasteiger partial charge in [0, 0.05) is 14.5 Å². The molecule has 0 saturated heterocycles. The van der Waals surface area contributed by atoms with E-state index in [0.29, 0.717) is 6.07 Å². The van der Waals surface area contributed by atoms with E-state index in [4.69, 9.17) is 5.26 Å². The van der Waals surface area contributed by atoms with Crippen LogP contribution in [0, 0.1) is 11.3 Å². The highest BCUT2D eigenvalue weighted by Gasteiger charge is 2.78. The molecule has 2 aromatic rings. The zero-order valence-electron chi connectivity index (χ0n) is 13.5. The molecule has 0 atom stereocenters. The minimum absolute atomic E-state index is 0.0342. The van der Waals surface area contributed by atoms with Gasteiger partial charge in [0.1, 0.15) is 0 Å². The molecule has 0 fully saturated rings. The Bertz CT molecular complexity index is 1110. The molecule has 13 heteroatoms. The summed E-state index contributed by atoms with van der Waals surface area (Å²) < 4.78 is 117. The van der Waals surface area contributed by atoms with Crippen molar-refractivity contribution in [1.29, 1.82) is 5.26 Å². The summed E-state index contributed by atoms with van der Waals surface area (Å²) in [5.41, 5.74) is -0.816. The van der Waals surface area contributed by atoms with Crippen molar-refractivity contribution in [3.8, 4) is 17.2 Å². The van der Waals surface area contributed by atoms with E-state index in [1.165, 1.54) is 24.3 Å². The number of halogens is 9. The predicted molar refractivity (Wildman–Crippen MR) is 95.1 cm³/mol. The maximum Gasteiger partial charge on any atom is 0.461 e. The van der Waals surface area contributed by atoms with Crippen molar-refractivity contribution in [3.05, 3.63) is 50.9 Å². The van der Waals surface area contributed by atoms with E-state index < -0.39 is 37.6 Å². The minimum Gasteiger partial charge on any atom is -0.217 e. The SMILES string of the molecule is N#Cc1cccc(-c2c(Br)cc(Br)cc2S(=O)(=O)C(F)(F)C(F)(F)C(F)(F)F)c1. The Morgan fingerprint density at radius 3 is 2.03 bits per heavy atom. The number of hydrogen-bond donors (Lipinski definition) is 0. The second kappa shape index (κ2) is 7.55. The summed E-state index contributed by atoms with van der Waals surface area (Å²) in [5.74, 6) is -6.86. The van der Waals surface area contributed by atoms with Crippen LogP contribution in [0.3, 0.4) is 0 Å². The van der Waals surface area contributed by atoms with Crippen LogP contribution >= 0.6 is 31.9 Å². The molecular weight excluding hydrogens is 563 g/mol. The average molecular weight is 569 g/mol. The van der Waals surface area contributed by atoms with Crippen LogP contribution in [0.2, 0.25) is 0 Å². The highest BCUT2D eigenvalue weighted by molar-refractivity contribution is 9.11. The monoisotopic (exact) mass is 567 g/mol. The molecule has 3 nitrogen and oxygen atoms in total. The fourth-order valence-electron chi connectivity index (χ4n) is 2.26. The maximum absolute atomic E-state index is 14.1. The van der Waals surface area contributed by atoms with Crippen molar-refractivity contribution in [3.63, 3.8) is 0 Å². The normalized spacial score (nSPS) is 13.2. The highest BCUT2D eigenvalue weighted by atomic mass is 79.9. The quantitative estimate of drug-likeness (QED) is 0.406. The summed E-state index contributed by atoms with van der Waals surface area (Å²) in [6.45, 7) is 0. The van der Waals surface area contributed by atoms with E-state index in [0.717, 1.165) is 6.07 Å². The molecule has 0 bridgehead atoms. The Morgan fingerprint density at radius 1 is 0.931 bits per heavy atom. The fourth-order valence-corrected chi connectivity index (χ4v) is 5.50. The van der Waals surface area contributed by atoms with E-state index in [1.807, 2.05) is 0 Å². The van der Waals surface area contributed by atoms with Gasteiger partial charge in [-0.15, -0.1) is 0 Å². The van der Waals surface area contributed by atoms with Gasteiger partial charge >= 0.3 is 17.4 Å². The average Bonchev–Trinajstić information content (AvgIpc) is 2.59. The van der Waals surface area contributed by atoms with Gasteiger partial charge in [0.2, 0.25) is 0 Å². The number of alkyl halides is 7. The third-order valence-electron chi connectivity index (χ3n) is 3.65. The lowest BCUT2D eigenvalue weighted by Gasteiger charge is -2.28. The van der Waals surface area contributed by atoms with Gasteiger partial charge in [-0.3, -0.25) is 0 Å². The molecule has 0 spiro atoms. The zero-order chi connectivity index (χ0) is 22.4. The molecule has 29 heavy (non-hydrogen) atoms. The third-order valence-corrected chi connectivity index (χ3v) is 6.56. The first-order chi connectivity index (χ1) is 13.1. The summed E-state index contributed by atoms with van der Waals surface area (Å²) in [4.78, 5) is -1.48. The molecular formula is C16H6Br2F7NO2S. The summed E-state index contributed by atoms with van der Waals surface area (Å²) >= 11 is 5.69. The third kappa shape index (κ3) is 3.89. The van der Waals surface area contributed by atoms with E-state index >= 15 is 0 Å². The molecule has 0 saturated carbocycles. The largest absolute Gasteiger partial charge is 0.461 e. The summed E-state index contributed by atoms with van der Waals surface area (Å²) in [6.07, 6.45) is -6.83. The van der Waals surface area contributed by atoms with Crippen LogP contribution in [0.15, 0.2) is 50.2 Å². The van der Waals surface area contributed by atoms with Crippen molar-refractivity contribution < 1.29 is 39.2 Å². The summed E-state index contributed by atoms with van der Waals surface area (Å²) in [6, 6.07) is 8.14. The Labute approximate surface area is 176 Å². The van der Waals surface area contributed by atoms with Crippen LogP contribution in [-0.4, -0.2) is 25.8 Å². The van der Waals surface area contributed by atoms with E-state index in [9.17, 15) is 39.2 Å². The Balaban J connectivity index is 2.89.